The largest absolute Gasteiger partial charge is 0.352 e. The zero-order valence-corrected chi connectivity index (χ0v) is 12.8. The van der Waals surface area contributed by atoms with Gasteiger partial charge in [0, 0.05) is 12.7 Å². The van der Waals surface area contributed by atoms with Gasteiger partial charge >= 0.3 is 0 Å². The third kappa shape index (κ3) is 1.98. The first kappa shape index (κ1) is 14.0. The summed E-state index contributed by atoms with van der Waals surface area (Å²) in [5.74, 6) is 0. The third-order valence-electron chi connectivity index (χ3n) is 4.21. The molecule has 108 valence electrons. The molecule has 0 saturated heterocycles. The van der Waals surface area contributed by atoms with Gasteiger partial charge in [-0.25, -0.2) is 0 Å². The molecule has 2 aromatic rings. The number of anilines is 3. The number of aryl methyl sites for hydroxylation is 1. The summed E-state index contributed by atoms with van der Waals surface area (Å²) in [5.41, 5.74) is 5.06. The molecule has 0 bridgehead atoms. The predicted molar refractivity (Wildman–Crippen MR) is 87.1 cm³/mol. The van der Waals surface area contributed by atoms with Gasteiger partial charge < -0.3 is 9.80 Å². The van der Waals surface area contributed by atoms with Gasteiger partial charge in [0.1, 0.15) is 18.3 Å². The fourth-order valence-corrected chi connectivity index (χ4v) is 2.95. The molecule has 0 N–H and O–H groups in total. The first-order chi connectivity index (χ1) is 10.6. The van der Waals surface area contributed by atoms with Crippen LogP contribution in [0.3, 0.4) is 0 Å². The summed E-state index contributed by atoms with van der Waals surface area (Å²) in [5, 5.41) is 18.5. The lowest BCUT2D eigenvalue weighted by Crippen LogP contribution is -2.35. The molecule has 4 nitrogen and oxygen atoms in total. The van der Waals surface area contributed by atoms with Crippen LogP contribution in [0.4, 0.5) is 17.1 Å². The van der Waals surface area contributed by atoms with Crippen molar-refractivity contribution < 1.29 is 0 Å². The zero-order valence-electron chi connectivity index (χ0n) is 12.8. The Balaban J connectivity index is 2.22. The van der Waals surface area contributed by atoms with Gasteiger partial charge in [0.05, 0.1) is 22.5 Å². The number of nitrogens with zero attached hydrogens (tertiary/aromatic N) is 4. The normalized spacial score (nSPS) is 16.1. The van der Waals surface area contributed by atoms with E-state index in [0.717, 1.165) is 17.1 Å². The van der Waals surface area contributed by atoms with Crippen molar-refractivity contribution >= 4 is 17.1 Å². The topological polar surface area (TPSA) is 54.1 Å². The van der Waals surface area contributed by atoms with E-state index >= 15 is 0 Å². The predicted octanol–water partition coefficient (Wildman–Crippen LogP) is 3.67. The van der Waals surface area contributed by atoms with E-state index in [1.807, 2.05) is 19.2 Å². The van der Waals surface area contributed by atoms with E-state index in [0.29, 0.717) is 11.1 Å². The van der Waals surface area contributed by atoms with Crippen molar-refractivity contribution in [2.24, 2.45) is 0 Å². The van der Waals surface area contributed by atoms with Crippen LogP contribution in [-0.2, 0) is 0 Å². The molecule has 1 aliphatic rings. The highest BCUT2D eigenvalue weighted by molar-refractivity contribution is 5.85. The van der Waals surface area contributed by atoms with Crippen molar-refractivity contribution in [3.05, 3.63) is 53.1 Å². The lowest BCUT2D eigenvalue weighted by Gasteiger charge is -2.28. The minimum absolute atomic E-state index is 0.122. The fraction of sp³-hybridized carbons (Fsp3) is 0.222. The summed E-state index contributed by atoms with van der Waals surface area (Å²) in [4.78, 5) is 4.32. The molecule has 0 spiro atoms. The number of fused-ring (bicyclic) bond motifs is 1. The highest BCUT2D eigenvalue weighted by atomic mass is 15.4. The number of hydrogen-bond acceptors (Lipinski definition) is 4. The van der Waals surface area contributed by atoms with Crippen molar-refractivity contribution in [1.29, 1.82) is 10.5 Å². The quantitative estimate of drug-likeness (QED) is 0.803. The summed E-state index contributed by atoms with van der Waals surface area (Å²) < 4.78 is 0. The van der Waals surface area contributed by atoms with Crippen molar-refractivity contribution in [3.63, 3.8) is 0 Å². The maximum Gasteiger partial charge on any atom is 0.103 e. The molecule has 3 rings (SSSR count). The minimum atomic E-state index is 0.122. The van der Waals surface area contributed by atoms with Crippen LogP contribution in [0.15, 0.2) is 36.4 Å². The fourth-order valence-electron chi connectivity index (χ4n) is 2.95. The average molecular weight is 288 g/mol. The monoisotopic (exact) mass is 288 g/mol. The molecule has 1 heterocycles. The lowest BCUT2D eigenvalue weighted by molar-refractivity contribution is 0.734. The number of hydrogen-bond donors (Lipinski definition) is 0. The molecule has 0 aromatic heterocycles. The smallest absolute Gasteiger partial charge is 0.103 e. The number of rotatable bonds is 1. The summed E-state index contributed by atoms with van der Waals surface area (Å²) >= 11 is 0. The second kappa shape index (κ2) is 5.09. The van der Waals surface area contributed by atoms with Crippen LogP contribution in [0, 0.1) is 29.6 Å². The van der Waals surface area contributed by atoms with Crippen LogP contribution in [0.25, 0.3) is 0 Å². The Morgan fingerprint density at radius 1 is 1.00 bits per heavy atom. The SMILES string of the molecule is Cc1cccc(N2c3cc(C#N)c(C#N)cc3N(C)[C@@H]2C)c1. The first-order valence-electron chi connectivity index (χ1n) is 7.14. The zero-order chi connectivity index (χ0) is 15.9. The Kier molecular flexibility index (Phi) is 3.23. The maximum absolute atomic E-state index is 9.28. The summed E-state index contributed by atoms with van der Waals surface area (Å²) in [6.07, 6.45) is 0.122. The van der Waals surface area contributed by atoms with Crippen molar-refractivity contribution in [3.8, 4) is 12.1 Å². The highest BCUT2D eigenvalue weighted by Gasteiger charge is 2.32. The van der Waals surface area contributed by atoms with E-state index in [1.165, 1.54) is 5.56 Å². The number of benzene rings is 2. The molecular weight excluding hydrogens is 272 g/mol. The van der Waals surface area contributed by atoms with Crippen LogP contribution >= 0.6 is 0 Å². The molecule has 22 heavy (non-hydrogen) atoms. The van der Waals surface area contributed by atoms with Gasteiger partial charge in [0.2, 0.25) is 0 Å². The first-order valence-corrected chi connectivity index (χ1v) is 7.14. The highest BCUT2D eigenvalue weighted by Crippen LogP contribution is 2.44. The van der Waals surface area contributed by atoms with E-state index in [4.69, 9.17) is 0 Å². The minimum Gasteiger partial charge on any atom is -0.352 e. The van der Waals surface area contributed by atoms with E-state index in [9.17, 15) is 10.5 Å². The van der Waals surface area contributed by atoms with Crippen LogP contribution in [0.5, 0.6) is 0 Å². The van der Waals surface area contributed by atoms with Crippen molar-refractivity contribution in [2.45, 2.75) is 20.0 Å². The van der Waals surface area contributed by atoms with Gasteiger partial charge in [-0.15, -0.1) is 0 Å². The Morgan fingerprint density at radius 2 is 1.64 bits per heavy atom. The molecular formula is C18H16N4. The van der Waals surface area contributed by atoms with Gasteiger partial charge in [0.15, 0.2) is 0 Å². The van der Waals surface area contributed by atoms with Gasteiger partial charge in [0.25, 0.3) is 0 Å². The molecule has 2 aromatic carbocycles. The van der Waals surface area contributed by atoms with E-state index in [1.54, 1.807) is 6.07 Å². The molecule has 0 saturated carbocycles. The maximum atomic E-state index is 9.28. The Hall–Kier alpha value is -2.98. The molecule has 0 radical (unpaired) electrons. The Labute approximate surface area is 130 Å². The van der Waals surface area contributed by atoms with E-state index in [-0.39, 0.29) is 6.17 Å². The van der Waals surface area contributed by atoms with Crippen LogP contribution in [0.1, 0.15) is 23.6 Å². The molecule has 0 aliphatic carbocycles. The lowest BCUT2D eigenvalue weighted by atomic mass is 10.1. The van der Waals surface area contributed by atoms with Crippen LogP contribution < -0.4 is 9.80 Å². The molecule has 4 heteroatoms. The van der Waals surface area contributed by atoms with Crippen molar-refractivity contribution in [1.82, 2.24) is 0 Å². The Morgan fingerprint density at radius 3 is 2.23 bits per heavy atom. The molecule has 0 unspecified atom stereocenters. The van der Waals surface area contributed by atoms with E-state index < -0.39 is 0 Å². The Bertz CT molecular complexity index is 826. The van der Waals surface area contributed by atoms with Gasteiger partial charge in [-0.3, -0.25) is 0 Å². The van der Waals surface area contributed by atoms with Gasteiger partial charge in [-0.05, 0) is 43.7 Å². The third-order valence-corrected chi connectivity index (χ3v) is 4.21. The number of nitriles is 2. The van der Waals surface area contributed by atoms with E-state index in [2.05, 4.69) is 54.0 Å². The van der Waals surface area contributed by atoms with Crippen LogP contribution in [-0.4, -0.2) is 13.2 Å². The summed E-state index contributed by atoms with van der Waals surface area (Å²) in [6.45, 7) is 4.18. The molecule has 0 amide bonds. The standard InChI is InChI=1S/C18H16N4/c1-12-5-4-6-16(7-12)22-13(2)21(3)17-8-14(10-19)15(11-20)9-18(17)22/h4-9,13H,1-3H3/t13-/m0/s1. The average Bonchev–Trinajstić information content (AvgIpc) is 2.77. The van der Waals surface area contributed by atoms with Crippen LogP contribution in [0.2, 0.25) is 0 Å². The molecule has 0 fully saturated rings. The van der Waals surface area contributed by atoms with Gasteiger partial charge in [-0.2, -0.15) is 10.5 Å². The summed E-state index contributed by atoms with van der Waals surface area (Å²) in [7, 11) is 2.01. The summed E-state index contributed by atoms with van der Waals surface area (Å²) in [6, 6.07) is 16.1. The van der Waals surface area contributed by atoms with Gasteiger partial charge in [-0.1, -0.05) is 12.1 Å². The molecule has 1 aliphatic heterocycles. The van der Waals surface area contributed by atoms with Crippen molar-refractivity contribution in [2.75, 3.05) is 16.8 Å². The second-order valence-corrected chi connectivity index (χ2v) is 5.56. The molecule has 1 atom stereocenters. The second-order valence-electron chi connectivity index (χ2n) is 5.56.